The number of thiophene rings is 1. The first-order valence-corrected chi connectivity index (χ1v) is 44.5. The molecule has 0 amide bonds. The summed E-state index contributed by atoms with van der Waals surface area (Å²) in [6.07, 6.45) is 0. The van der Waals surface area contributed by atoms with Crippen LogP contribution in [0.1, 0.15) is 0 Å². The first-order chi connectivity index (χ1) is 64.5. The van der Waals surface area contributed by atoms with E-state index in [0.717, 1.165) is 194 Å². The average Bonchev–Trinajstić information content (AvgIpc) is 1.53. The van der Waals surface area contributed by atoms with E-state index in [1.807, 2.05) is 121 Å². The summed E-state index contributed by atoms with van der Waals surface area (Å²) in [5.41, 5.74) is 30.4. The van der Waals surface area contributed by atoms with Crippen molar-refractivity contribution in [3.05, 3.63) is 431 Å². The number of fused-ring (bicyclic) bond motifs is 26. The number of para-hydroxylation sites is 5. The SMILES string of the molecule is c1ccc(-c2nc3ccc(-n4c5ccccc5c5c6ccccc6c6c7ccccc7sc6c54)cc3nc2-c2ccccc2)cc1.c1ccc(-c2nc3ccc(-n4c5ccccc5c5c6oc7ccccc7c6ccc54)cc3nc2-c2ccccc2)cc1.c1ccc(-c2nc3ccc(-n4c5ccccc5c5cc6c(cc54)oc4ccccc46)cc3nc2-c2ccccc2)cc1. The molecule has 0 atom stereocenters. The van der Waals surface area contributed by atoms with E-state index in [1.54, 1.807) is 0 Å². The van der Waals surface area contributed by atoms with E-state index in [4.69, 9.17) is 38.7 Å². The predicted octanol–water partition coefficient (Wildman–Crippen LogP) is 31.5. The molecule has 0 N–H and O–H groups in total. The number of benzene rings is 19. The Morgan fingerprint density at radius 2 is 0.538 bits per heavy atom. The summed E-state index contributed by atoms with van der Waals surface area (Å²) in [5.74, 6) is 0. The van der Waals surface area contributed by atoms with Crippen LogP contribution in [0.5, 0.6) is 0 Å². The van der Waals surface area contributed by atoms with Gasteiger partial charge in [-0.25, -0.2) is 29.9 Å². The molecule has 0 spiro atoms. The standard InChI is InChI=1S/C42H25N3S.2C38H23N3O/c1-3-13-26(14-4-1)39-40(27-15-5-2-6-16-27)44-34-25-28(23-24-33(34)43-39)45-35-21-11-9-19-31(35)37-29-17-7-8-18-30(29)38-32-20-10-12-22-36(32)46-42(38)41(37)45;1-3-11-24(12-4-1)36-37(25-13-5-2-6-14-25)40-31-23-26(19-21-30(31)39-36)41-32-17-9-7-16-29(32)35-33(41)22-20-28-27-15-8-10-18-34(27)42-38(28)35;1-3-11-24(12-4-1)37-38(25-13-5-2-6-14-25)40-32-21-26(19-20-31(32)39-37)41-33-17-9-7-15-27(33)29-22-30-28-16-8-10-18-35(28)42-36(30)23-34(29)41/h1-25H;2*1-23H. The van der Waals surface area contributed by atoms with E-state index in [1.165, 1.54) is 63.5 Å². The third kappa shape index (κ3) is 12.1. The molecule has 0 unspecified atom stereocenters. The molecular weight excluding hydrogens is 1610 g/mol. The lowest BCUT2D eigenvalue weighted by Gasteiger charge is -2.13. The summed E-state index contributed by atoms with van der Waals surface area (Å²) in [6.45, 7) is 0. The van der Waals surface area contributed by atoms with Crippen LogP contribution < -0.4 is 0 Å². The minimum absolute atomic E-state index is 0.849. The molecule has 130 heavy (non-hydrogen) atoms. The van der Waals surface area contributed by atoms with Crippen molar-refractivity contribution >= 4 is 185 Å². The van der Waals surface area contributed by atoms with Crippen LogP contribution >= 0.6 is 11.3 Å². The zero-order chi connectivity index (χ0) is 85.4. The summed E-state index contributed by atoms with van der Waals surface area (Å²) >= 11 is 1.88. The maximum absolute atomic E-state index is 6.48. The summed E-state index contributed by atoms with van der Waals surface area (Å²) < 4.78 is 22.5. The third-order valence-electron chi connectivity index (χ3n) is 25.5. The summed E-state index contributed by atoms with van der Waals surface area (Å²) in [7, 11) is 0. The molecule has 19 aromatic carbocycles. The Morgan fingerprint density at radius 1 is 0.192 bits per heavy atom. The van der Waals surface area contributed by atoms with Crippen LogP contribution in [0.3, 0.4) is 0 Å². The van der Waals surface area contributed by atoms with Gasteiger partial charge in [0.05, 0.1) is 110 Å². The molecule has 0 aliphatic carbocycles. The number of aromatic nitrogens is 9. The fourth-order valence-corrected chi connectivity index (χ4v) is 21.0. The zero-order valence-electron chi connectivity index (χ0n) is 69.7. The highest BCUT2D eigenvalue weighted by Crippen LogP contribution is 2.50. The second-order valence-electron chi connectivity index (χ2n) is 33.0. The van der Waals surface area contributed by atoms with Gasteiger partial charge in [-0.3, -0.25) is 0 Å². The highest BCUT2D eigenvalue weighted by molar-refractivity contribution is 7.27. The summed E-state index contributed by atoms with van der Waals surface area (Å²) in [6, 6.07) is 150. The molecular formula is C118H71N9O2S. The zero-order valence-corrected chi connectivity index (χ0v) is 70.6. The number of furan rings is 2. The molecule has 9 aromatic heterocycles. The summed E-state index contributed by atoms with van der Waals surface area (Å²) in [4.78, 5) is 31.3. The van der Waals surface area contributed by atoms with Crippen molar-refractivity contribution in [3.8, 4) is 84.6 Å². The van der Waals surface area contributed by atoms with E-state index in [0.29, 0.717) is 0 Å². The van der Waals surface area contributed by atoms with Crippen molar-refractivity contribution in [1.29, 1.82) is 0 Å². The smallest absolute Gasteiger partial charge is 0.145 e. The maximum Gasteiger partial charge on any atom is 0.145 e. The Labute approximate surface area is 747 Å². The fourth-order valence-electron chi connectivity index (χ4n) is 19.7. The van der Waals surface area contributed by atoms with Crippen LogP contribution in [0, 0.1) is 0 Å². The van der Waals surface area contributed by atoms with Crippen LogP contribution in [0.15, 0.2) is 440 Å². The quantitative estimate of drug-likeness (QED) is 0.140. The molecule has 0 aliphatic rings. The van der Waals surface area contributed by atoms with Gasteiger partial charge >= 0.3 is 0 Å². The van der Waals surface area contributed by atoms with Gasteiger partial charge in [-0.15, -0.1) is 11.3 Å². The number of nitrogens with zero attached hydrogens (tertiary/aromatic N) is 9. The van der Waals surface area contributed by atoms with Gasteiger partial charge in [-0.1, -0.05) is 315 Å². The van der Waals surface area contributed by atoms with Crippen molar-refractivity contribution in [1.82, 2.24) is 43.6 Å². The molecule has 0 saturated heterocycles. The Hall–Kier alpha value is -17.3. The van der Waals surface area contributed by atoms with Crippen LogP contribution in [0.2, 0.25) is 0 Å². The maximum atomic E-state index is 6.48. The molecule has 28 rings (SSSR count). The van der Waals surface area contributed by atoms with Crippen molar-refractivity contribution < 1.29 is 8.83 Å². The lowest BCUT2D eigenvalue weighted by Crippen LogP contribution is -1.98. The Kier molecular flexibility index (Phi) is 17.2. The minimum Gasteiger partial charge on any atom is -0.456 e. The molecule has 0 fully saturated rings. The Morgan fingerprint density at radius 3 is 1.02 bits per heavy atom. The van der Waals surface area contributed by atoms with Gasteiger partial charge in [-0.2, -0.15) is 0 Å². The molecule has 0 saturated carbocycles. The Bertz CT molecular complexity index is 9250. The monoisotopic (exact) mass is 1680 g/mol. The molecule has 0 bridgehead atoms. The topological polar surface area (TPSA) is 118 Å². The average molecular weight is 1680 g/mol. The van der Waals surface area contributed by atoms with E-state index < -0.39 is 0 Å². The van der Waals surface area contributed by atoms with Crippen LogP contribution in [0.4, 0.5) is 0 Å². The highest BCUT2D eigenvalue weighted by Gasteiger charge is 2.27. The molecule has 0 aliphatic heterocycles. The molecule has 0 radical (unpaired) electrons. The Balaban J connectivity index is 0.000000103. The third-order valence-corrected chi connectivity index (χ3v) is 26.7. The van der Waals surface area contributed by atoms with E-state index in [2.05, 4.69) is 335 Å². The number of hydrogen-bond donors (Lipinski definition) is 0. The summed E-state index contributed by atoms with van der Waals surface area (Å²) in [5, 5.41) is 17.0. The predicted molar refractivity (Wildman–Crippen MR) is 539 cm³/mol. The van der Waals surface area contributed by atoms with Crippen LogP contribution in [-0.2, 0) is 0 Å². The van der Waals surface area contributed by atoms with E-state index >= 15 is 0 Å². The largest absolute Gasteiger partial charge is 0.456 e. The molecule has 9 heterocycles. The van der Waals surface area contributed by atoms with Gasteiger partial charge in [0.25, 0.3) is 0 Å². The second kappa shape index (κ2) is 30.2. The minimum atomic E-state index is 0.849. The first-order valence-electron chi connectivity index (χ1n) is 43.7. The van der Waals surface area contributed by atoms with Crippen LogP contribution in [0.25, 0.3) is 258 Å². The van der Waals surface area contributed by atoms with Crippen molar-refractivity contribution in [2.24, 2.45) is 0 Å². The van der Waals surface area contributed by atoms with Crippen molar-refractivity contribution in [2.45, 2.75) is 0 Å². The highest BCUT2D eigenvalue weighted by atomic mass is 32.1. The van der Waals surface area contributed by atoms with Gasteiger partial charge in [0, 0.05) is 120 Å². The van der Waals surface area contributed by atoms with Crippen LogP contribution in [-0.4, -0.2) is 43.6 Å². The van der Waals surface area contributed by atoms with Gasteiger partial charge in [0.1, 0.15) is 22.3 Å². The van der Waals surface area contributed by atoms with Gasteiger partial charge < -0.3 is 22.5 Å². The normalized spacial score (nSPS) is 11.8. The molecule has 606 valence electrons. The van der Waals surface area contributed by atoms with Crippen molar-refractivity contribution in [2.75, 3.05) is 0 Å². The number of rotatable bonds is 9. The second-order valence-corrected chi connectivity index (χ2v) is 34.1. The lowest BCUT2D eigenvalue weighted by atomic mass is 9.99. The van der Waals surface area contributed by atoms with Gasteiger partial charge in [-0.05, 0) is 120 Å². The lowest BCUT2D eigenvalue weighted by molar-refractivity contribution is 0.669. The first kappa shape index (κ1) is 74.1. The van der Waals surface area contributed by atoms with Gasteiger partial charge in [0.2, 0.25) is 0 Å². The molecule has 12 heteroatoms. The molecule has 28 aromatic rings. The molecule has 11 nitrogen and oxygen atoms in total. The van der Waals surface area contributed by atoms with E-state index in [-0.39, 0.29) is 0 Å². The fraction of sp³-hybridized carbons (Fsp3) is 0. The van der Waals surface area contributed by atoms with E-state index in [9.17, 15) is 0 Å². The van der Waals surface area contributed by atoms with Crippen molar-refractivity contribution in [3.63, 3.8) is 0 Å². The van der Waals surface area contributed by atoms with Gasteiger partial charge in [0.15, 0.2) is 0 Å². The number of hydrogen-bond acceptors (Lipinski definition) is 9.